The number of aromatic nitrogens is 3. The van der Waals surface area contributed by atoms with Gasteiger partial charge in [0.1, 0.15) is 5.67 Å². The van der Waals surface area contributed by atoms with Crippen LogP contribution in [0, 0.1) is 5.92 Å². The number of nitrogens with zero attached hydrogens (tertiary/aromatic N) is 4. The first-order valence-electron chi connectivity index (χ1n) is 12.2. The van der Waals surface area contributed by atoms with Crippen LogP contribution in [0.2, 0.25) is 0 Å². The van der Waals surface area contributed by atoms with E-state index in [1.54, 1.807) is 17.1 Å². The van der Waals surface area contributed by atoms with Crippen LogP contribution in [0.15, 0.2) is 48.9 Å². The van der Waals surface area contributed by atoms with Crippen molar-refractivity contribution in [2.24, 2.45) is 5.92 Å². The SMILES string of the molecule is O=C1c2cc(-c3ncccc3-c3cnn(CC4(F)CCCC4)c3)ccc2CN1CC1CCC1. The van der Waals surface area contributed by atoms with E-state index in [9.17, 15) is 9.18 Å². The molecule has 0 N–H and O–H groups in total. The van der Waals surface area contributed by atoms with Crippen molar-refractivity contribution in [2.45, 2.75) is 63.7 Å². The largest absolute Gasteiger partial charge is 0.334 e. The third-order valence-corrected chi connectivity index (χ3v) is 7.66. The number of hydrogen-bond donors (Lipinski definition) is 0. The molecule has 0 bridgehead atoms. The molecule has 2 aromatic heterocycles. The monoisotopic (exact) mass is 444 g/mol. The maximum Gasteiger partial charge on any atom is 0.254 e. The highest BCUT2D eigenvalue weighted by Crippen LogP contribution is 2.37. The summed E-state index contributed by atoms with van der Waals surface area (Å²) in [5.74, 6) is 0.795. The van der Waals surface area contributed by atoms with Gasteiger partial charge < -0.3 is 4.90 Å². The second kappa shape index (κ2) is 8.08. The van der Waals surface area contributed by atoms with Gasteiger partial charge in [0.25, 0.3) is 5.91 Å². The van der Waals surface area contributed by atoms with Crippen LogP contribution in [-0.2, 0) is 13.1 Å². The summed E-state index contributed by atoms with van der Waals surface area (Å²) in [5, 5.41) is 4.45. The number of alkyl halides is 1. The van der Waals surface area contributed by atoms with E-state index in [0.29, 0.717) is 31.8 Å². The number of benzene rings is 1. The van der Waals surface area contributed by atoms with Gasteiger partial charge in [-0.05, 0) is 49.3 Å². The molecular weight excluding hydrogens is 415 g/mol. The fourth-order valence-electron chi connectivity index (χ4n) is 5.56. The topological polar surface area (TPSA) is 51.0 Å². The van der Waals surface area contributed by atoms with Crippen LogP contribution in [0.5, 0.6) is 0 Å². The summed E-state index contributed by atoms with van der Waals surface area (Å²) in [7, 11) is 0. The van der Waals surface area contributed by atoms with Crippen molar-refractivity contribution in [3.63, 3.8) is 0 Å². The molecule has 1 amide bonds. The van der Waals surface area contributed by atoms with Crippen LogP contribution in [0.3, 0.4) is 0 Å². The van der Waals surface area contributed by atoms with Crippen molar-refractivity contribution in [2.75, 3.05) is 6.54 Å². The summed E-state index contributed by atoms with van der Waals surface area (Å²) in [4.78, 5) is 19.7. The molecule has 3 aliphatic rings. The first kappa shape index (κ1) is 20.6. The van der Waals surface area contributed by atoms with E-state index in [-0.39, 0.29) is 5.91 Å². The lowest BCUT2D eigenvalue weighted by Crippen LogP contribution is -2.32. The molecule has 1 aromatic carbocycles. The smallest absolute Gasteiger partial charge is 0.254 e. The fourth-order valence-corrected chi connectivity index (χ4v) is 5.56. The third kappa shape index (κ3) is 3.85. The van der Waals surface area contributed by atoms with Crippen molar-refractivity contribution < 1.29 is 9.18 Å². The van der Waals surface area contributed by atoms with Gasteiger partial charge in [-0.3, -0.25) is 14.5 Å². The van der Waals surface area contributed by atoms with E-state index < -0.39 is 5.67 Å². The van der Waals surface area contributed by atoms with Gasteiger partial charge in [0.05, 0.1) is 18.4 Å². The molecular formula is C27H29FN4O. The van der Waals surface area contributed by atoms with Gasteiger partial charge in [-0.15, -0.1) is 0 Å². The zero-order valence-electron chi connectivity index (χ0n) is 18.8. The molecule has 170 valence electrons. The van der Waals surface area contributed by atoms with Gasteiger partial charge in [0, 0.05) is 47.7 Å². The Labute approximate surface area is 193 Å². The maximum absolute atomic E-state index is 14.9. The Bertz CT molecular complexity index is 1190. The van der Waals surface area contributed by atoms with Crippen molar-refractivity contribution in [1.29, 1.82) is 0 Å². The summed E-state index contributed by atoms with van der Waals surface area (Å²) >= 11 is 0. The molecule has 6 heteroatoms. The lowest BCUT2D eigenvalue weighted by Gasteiger charge is -2.29. The summed E-state index contributed by atoms with van der Waals surface area (Å²) in [6.07, 6.45) is 12.4. The van der Waals surface area contributed by atoms with Crippen LogP contribution >= 0.6 is 0 Å². The molecule has 3 aromatic rings. The summed E-state index contributed by atoms with van der Waals surface area (Å²) < 4.78 is 16.7. The van der Waals surface area contributed by atoms with E-state index in [1.165, 1.54) is 19.3 Å². The van der Waals surface area contributed by atoms with E-state index in [0.717, 1.165) is 52.9 Å². The number of pyridine rings is 1. The minimum atomic E-state index is -1.15. The van der Waals surface area contributed by atoms with Gasteiger partial charge in [0.2, 0.25) is 0 Å². The minimum absolute atomic E-state index is 0.133. The lowest BCUT2D eigenvalue weighted by atomic mass is 9.85. The van der Waals surface area contributed by atoms with Gasteiger partial charge in [-0.1, -0.05) is 37.5 Å². The molecule has 0 saturated heterocycles. The number of rotatable bonds is 6. The summed E-state index contributed by atoms with van der Waals surface area (Å²) in [6.45, 7) is 1.87. The molecule has 2 saturated carbocycles. The Hall–Kier alpha value is -3.02. The Morgan fingerprint density at radius 2 is 1.91 bits per heavy atom. The number of hydrogen-bond acceptors (Lipinski definition) is 3. The molecule has 5 nitrogen and oxygen atoms in total. The predicted octanol–water partition coefficient (Wildman–Crippen LogP) is 5.65. The molecule has 2 aliphatic carbocycles. The fraction of sp³-hybridized carbons (Fsp3) is 0.444. The van der Waals surface area contributed by atoms with Crippen LogP contribution in [0.4, 0.5) is 4.39 Å². The normalized spacial score (nSPS) is 19.7. The van der Waals surface area contributed by atoms with E-state index in [1.807, 2.05) is 29.3 Å². The second-order valence-corrected chi connectivity index (χ2v) is 10.0. The summed E-state index contributed by atoms with van der Waals surface area (Å²) in [5.41, 5.74) is 4.35. The van der Waals surface area contributed by atoms with Crippen molar-refractivity contribution >= 4 is 5.91 Å². The van der Waals surface area contributed by atoms with E-state index >= 15 is 0 Å². The first-order chi connectivity index (χ1) is 16.1. The summed E-state index contributed by atoms with van der Waals surface area (Å²) in [6, 6.07) is 10.0. The molecule has 0 atom stereocenters. The number of halogens is 1. The molecule has 0 radical (unpaired) electrons. The zero-order chi connectivity index (χ0) is 22.4. The van der Waals surface area contributed by atoms with Crippen molar-refractivity contribution in [3.8, 4) is 22.4 Å². The minimum Gasteiger partial charge on any atom is -0.334 e. The molecule has 0 unspecified atom stereocenters. The predicted molar refractivity (Wildman–Crippen MR) is 125 cm³/mol. The number of carbonyl (C=O) groups is 1. The average molecular weight is 445 g/mol. The molecule has 6 rings (SSSR count). The quantitative estimate of drug-likeness (QED) is 0.494. The van der Waals surface area contributed by atoms with Gasteiger partial charge >= 0.3 is 0 Å². The standard InChI is InChI=1S/C27H29FN4O/c28-27(10-1-2-11-27)18-32-17-22(14-30-32)23-7-4-12-29-25(23)20-8-9-21-16-31(15-19-5-3-6-19)26(33)24(21)13-20/h4,7-9,12-14,17,19H,1-3,5-6,10-11,15-16,18H2. The van der Waals surface area contributed by atoms with Crippen LogP contribution < -0.4 is 0 Å². The van der Waals surface area contributed by atoms with Crippen molar-refractivity contribution in [1.82, 2.24) is 19.7 Å². The van der Waals surface area contributed by atoms with Crippen LogP contribution in [0.1, 0.15) is 60.9 Å². The Balaban J connectivity index is 1.27. The zero-order valence-corrected chi connectivity index (χ0v) is 18.8. The Kier molecular flexibility index (Phi) is 5.04. The highest BCUT2D eigenvalue weighted by Gasteiger charge is 2.34. The molecule has 33 heavy (non-hydrogen) atoms. The highest BCUT2D eigenvalue weighted by molar-refractivity contribution is 6.00. The van der Waals surface area contributed by atoms with Crippen molar-refractivity contribution in [3.05, 3.63) is 60.0 Å². The second-order valence-electron chi connectivity index (χ2n) is 10.0. The van der Waals surface area contributed by atoms with Crippen LogP contribution in [-0.4, -0.2) is 37.8 Å². The average Bonchev–Trinajstić information content (AvgIpc) is 3.51. The molecule has 0 spiro atoms. The first-order valence-corrected chi connectivity index (χ1v) is 12.2. The molecule has 3 heterocycles. The van der Waals surface area contributed by atoms with Crippen LogP contribution in [0.25, 0.3) is 22.4 Å². The maximum atomic E-state index is 14.9. The lowest BCUT2D eigenvalue weighted by molar-refractivity contribution is 0.0720. The van der Waals surface area contributed by atoms with Gasteiger partial charge in [-0.25, -0.2) is 4.39 Å². The van der Waals surface area contributed by atoms with E-state index in [2.05, 4.69) is 22.2 Å². The van der Waals surface area contributed by atoms with E-state index in [4.69, 9.17) is 0 Å². The highest BCUT2D eigenvalue weighted by atomic mass is 19.1. The third-order valence-electron chi connectivity index (χ3n) is 7.66. The molecule has 1 aliphatic heterocycles. The van der Waals surface area contributed by atoms with Gasteiger partial charge in [-0.2, -0.15) is 5.10 Å². The Morgan fingerprint density at radius 1 is 1.06 bits per heavy atom. The van der Waals surface area contributed by atoms with Gasteiger partial charge in [0.15, 0.2) is 0 Å². The number of amides is 1. The number of carbonyl (C=O) groups excluding carboxylic acids is 1. The molecule has 2 fully saturated rings. The Morgan fingerprint density at radius 3 is 2.70 bits per heavy atom. The number of fused-ring (bicyclic) bond motifs is 1.